The van der Waals surface area contributed by atoms with E-state index in [-0.39, 0.29) is 22.6 Å². The zero-order valence-electron chi connectivity index (χ0n) is 11.6. The zero-order valence-corrected chi connectivity index (χ0v) is 13.9. The largest absolute Gasteiger partial charge is 0.261 e. The standard InChI is InChI=1S/C12H18ClNO4S2/c1-12(2,3)9-19(15,16)14-8-10-4-6-11(7-5-10)20(13,17)18/h4-7,14H,8-9H2,1-3H3. The van der Waals surface area contributed by atoms with Crippen molar-refractivity contribution in [3.8, 4) is 0 Å². The molecule has 0 amide bonds. The summed E-state index contributed by atoms with van der Waals surface area (Å²) in [6.07, 6.45) is 0. The third-order valence-corrected chi connectivity index (χ3v) is 5.52. The van der Waals surface area contributed by atoms with Crippen molar-refractivity contribution in [1.29, 1.82) is 0 Å². The second-order valence-corrected chi connectivity index (χ2v) is 10.1. The molecule has 0 aliphatic carbocycles. The fourth-order valence-corrected chi connectivity index (χ4v) is 3.98. The first-order valence-corrected chi connectivity index (χ1v) is 9.86. The molecule has 114 valence electrons. The van der Waals surface area contributed by atoms with Gasteiger partial charge < -0.3 is 0 Å². The minimum atomic E-state index is -3.75. The summed E-state index contributed by atoms with van der Waals surface area (Å²) in [5, 5.41) is 0. The third-order valence-electron chi connectivity index (χ3n) is 2.32. The quantitative estimate of drug-likeness (QED) is 0.833. The number of nitrogens with one attached hydrogen (secondary N) is 1. The molecule has 0 aliphatic rings. The molecule has 0 heterocycles. The van der Waals surface area contributed by atoms with Crippen LogP contribution < -0.4 is 4.72 Å². The van der Waals surface area contributed by atoms with Crippen LogP contribution in [0, 0.1) is 5.41 Å². The van der Waals surface area contributed by atoms with Gasteiger partial charge in [-0.2, -0.15) is 0 Å². The van der Waals surface area contributed by atoms with Crippen LogP contribution in [-0.2, 0) is 25.6 Å². The van der Waals surface area contributed by atoms with Gasteiger partial charge in [0.05, 0.1) is 10.6 Å². The molecule has 0 fully saturated rings. The minimum absolute atomic E-state index is 0.0135. The van der Waals surface area contributed by atoms with Gasteiger partial charge in [0.1, 0.15) is 0 Å². The number of hydrogen-bond acceptors (Lipinski definition) is 4. The average molecular weight is 340 g/mol. The highest BCUT2D eigenvalue weighted by molar-refractivity contribution is 8.13. The van der Waals surface area contributed by atoms with Gasteiger partial charge in [0.2, 0.25) is 10.0 Å². The lowest BCUT2D eigenvalue weighted by Gasteiger charge is -2.18. The van der Waals surface area contributed by atoms with Gasteiger partial charge in [-0.25, -0.2) is 21.6 Å². The summed E-state index contributed by atoms with van der Waals surface area (Å²) in [5.41, 5.74) is 0.328. The fraction of sp³-hybridized carbons (Fsp3) is 0.500. The van der Waals surface area contributed by atoms with E-state index in [9.17, 15) is 16.8 Å². The summed E-state index contributed by atoms with van der Waals surface area (Å²) in [4.78, 5) is -0.0135. The highest BCUT2D eigenvalue weighted by Gasteiger charge is 2.21. The van der Waals surface area contributed by atoms with Crippen LogP contribution in [0.4, 0.5) is 0 Å². The molecule has 8 heteroatoms. The molecule has 20 heavy (non-hydrogen) atoms. The van der Waals surface area contributed by atoms with Crippen LogP contribution in [0.15, 0.2) is 29.2 Å². The van der Waals surface area contributed by atoms with Gasteiger partial charge in [0.15, 0.2) is 0 Å². The summed E-state index contributed by atoms with van der Waals surface area (Å²) >= 11 is 0. The van der Waals surface area contributed by atoms with Gasteiger partial charge in [-0.1, -0.05) is 32.9 Å². The van der Waals surface area contributed by atoms with Crippen molar-refractivity contribution in [2.45, 2.75) is 32.2 Å². The molecular formula is C12H18ClNO4S2. The van der Waals surface area contributed by atoms with E-state index >= 15 is 0 Å². The molecule has 0 saturated carbocycles. The van der Waals surface area contributed by atoms with Gasteiger partial charge >= 0.3 is 0 Å². The maximum absolute atomic E-state index is 11.8. The Morgan fingerprint density at radius 2 is 1.55 bits per heavy atom. The molecule has 0 aliphatic heterocycles. The molecule has 1 aromatic carbocycles. The van der Waals surface area contributed by atoms with Crippen molar-refractivity contribution in [1.82, 2.24) is 4.72 Å². The second-order valence-electron chi connectivity index (χ2n) is 5.72. The van der Waals surface area contributed by atoms with Gasteiger partial charge in [0, 0.05) is 17.2 Å². The van der Waals surface area contributed by atoms with Crippen LogP contribution in [-0.4, -0.2) is 22.6 Å². The molecule has 0 radical (unpaired) electrons. The Bertz CT molecular complexity index is 658. The number of sulfonamides is 1. The van der Waals surface area contributed by atoms with Crippen LogP contribution in [0.5, 0.6) is 0 Å². The van der Waals surface area contributed by atoms with Gasteiger partial charge in [-0.05, 0) is 23.1 Å². The Balaban J connectivity index is 2.72. The van der Waals surface area contributed by atoms with Crippen molar-refractivity contribution in [2.75, 3.05) is 5.75 Å². The highest BCUT2D eigenvalue weighted by atomic mass is 35.7. The van der Waals surface area contributed by atoms with E-state index in [0.29, 0.717) is 5.56 Å². The molecule has 5 nitrogen and oxygen atoms in total. The summed E-state index contributed by atoms with van der Waals surface area (Å²) in [7, 11) is -1.93. The smallest absolute Gasteiger partial charge is 0.212 e. The molecule has 1 rings (SSSR count). The summed E-state index contributed by atoms with van der Waals surface area (Å²) in [6, 6.07) is 5.73. The molecule has 0 spiro atoms. The summed E-state index contributed by atoms with van der Waals surface area (Å²) in [6.45, 7) is 5.63. The van der Waals surface area contributed by atoms with Crippen LogP contribution in [0.2, 0.25) is 0 Å². The normalized spacial score (nSPS) is 13.4. The number of halogens is 1. The van der Waals surface area contributed by atoms with E-state index in [1.54, 1.807) is 0 Å². The highest BCUT2D eigenvalue weighted by Crippen LogP contribution is 2.17. The lowest BCUT2D eigenvalue weighted by Crippen LogP contribution is -2.31. The fourth-order valence-electron chi connectivity index (χ4n) is 1.58. The Labute approximate surface area is 124 Å². The Hall–Kier alpha value is -0.630. The molecule has 0 saturated heterocycles. The summed E-state index contributed by atoms with van der Waals surface area (Å²) < 4.78 is 48.3. The first kappa shape index (κ1) is 17.4. The first-order chi connectivity index (χ1) is 8.89. The number of hydrogen-bond donors (Lipinski definition) is 1. The number of benzene rings is 1. The Kier molecular flexibility index (Phi) is 5.23. The second kappa shape index (κ2) is 6.01. The summed E-state index contributed by atoms with van der Waals surface area (Å²) in [5.74, 6) is 0.0220. The van der Waals surface area contributed by atoms with Crippen molar-refractivity contribution in [3.63, 3.8) is 0 Å². The van der Waals surface area contributed by atoms with E-state index in [0.717, 1.165) is 0 Å². The van der Waals surface area contributed by atoms with Gasteiger partial charge in [-0.3, -0.25) is 0 Å². The monoisotopic (exact) mass is 339 g/mol. The molecule has 0 aromatic heterocycles. The molecule has 0 atom stereocenters. The lowest BCUT2D eigenvalue weighted by molar-refractivity contribution is 0.458. The predicted octanol–water partition coefficient (Wildman–Crippen LogP) is 2.08. The average Bonchev–Trinajstić information content (AvgIpc) is 2.22. The predicted molar refractivity (Wildman–Crippen MR) is 79.6 cm³/mol. The zero-order chi connectivity index (χ0) is 15.6. The van der Waals surface area contributed by atoms with E-state index < -0.39 is 19.1 Å². The maximum Gasteiger partial charge on any atom is 0.261 e. The van der Waals surface area contributed by atoms with Crippen molar-refractivity contribution in [2.24, 2.45) is 5.41 Å². The minimum Gasteiger partial charge on any atom is -0.212 e. The topological polar surface area (TPSA) is 80.3 Å². The van der Waals surface area contributed by atoms with E-state index in [4.69, 9.17) is 10.7 Å². The van der Waals surface area contributed by atoms with Gasteiger partial charge in [-0.15, -0.1) is 0 Å². The Morgan fingerprint density at radius 1 is 1.05 bits per heavy atom. The van der Waals surface area contributed by atoms with Crippen LogP contribution in [0.1, 0.15) is 26.3 Å². The Morgan fingerprint density at radius 3 is 1.95 bits per heavy atom. The molecular weight excluding hydrogens is 322 g/mol. The van der Waals surface area contributed by atoms with Crippen LogP contribution in [0.3, 0.4) is 0 Å². The van der Waals surface area contributed by atoms with Crippen LogP contribution in [0.25, 0.3) is 0 Å². The van der Waals surface area contributed by atoms with E-state index in [2.05, 4.69) is 4.72 Å². The SMILES string of the molecule is CC(C)(C)CS(=O)(=O)NCc1ccc(S(=O)(=O)Cl)cc1. The van der Waals surface area contributed by atoms with Crippen LogP contribution >= 0.6 is 10.7 Å². The number of rotatable bonds is 5. The van der Waals surface area contributed by atoms with Gasteiger partial charge in [0.25, 0.3) is 9.05 Å². The van der Waals surface area contributed by atoms with E-state index in [1.807, 2.05) is 20.8 Å². The van der Waals surface area contributed by atoms with Crippen molar-refractivity contribution in [3.05, 3.63) is 29.8 Å². The molecule has 1 aromatic rings. The van der Waals surface area contributed by atoms with E-state index in [1.165, 1.54) is 24.3 Å². The van der Waals surface area contributed by atoms with Crippen molar-refractivity contribution >= 4 is 29.8 Å². The van der Waals surface area contributed by atoms with Crippen molar-refractivity contribution < 1.29 is 16.8 Å². The lowest BCUT2D eigenvalue weighted by atomic mass is 10.0. The first-order valence-electron chi connectivity index (χ1n) is 5.90. The molecule has 0 bridgehead atoms. The molecule has 0 unspecified atom stereocenters. The third kappa shape index (κ3) is 6.21. The molecule has 1 N–H and O–H groups in total. The maximum atomic E-state index is 11.8.